The molecule has 2 amide bonds. The number of benzene rings is 2. The van der Waals surface area contributed by atoms with Crippen molar-refractivity contribution in [2.75, 3.05) is 9.91 Å². The maximum absolute atomic E-state index is 13.4. The van der Waals surface area contributed by atoms with Gasteiger partial charge in [-0.2, -0.15) is 5.11 Å². The van der Waals surface area contributed by atoms with Crippen LogP contribution in [-0.2, 0) is 9.59 Å². The van der Waals surface area contributed by atoms with Crippen LogP contribution in [0.3, 0.4) is 0 Å². The van der Waals surface area contributed by atoms with Crippen LogP contribution in [-0.4, -0.2) is 23.9 Å². The summed E-state index contributed by atoms with van der Waals surface area (Å²) >= 11 is 5.82. The van der Waals surface area contributed by atoms with Crippen molar-refractivity contribution in [2.24, 2.45) is 10.3 Å². The zero-order valence-electron chi connectivity index (χ0n) is 14.0. The Morgan fingerprint density at radius 2 is 1.69 bits per heavy atom. The van der Waals surface area contributed by atoms with Gasteiger partial charge in [0.2, 0.25) is 0 Å². The first-order chi connectivity index (χ1) is 12.4. The van der Waals surface area contributed by atoms with Crippen molar-refractivity contribution in [1.29, 1.82) is 0 Å². The number of aryl methyl sites for hydroxylation is 2. The van der Waals surface area contributed by atoms with E-state index in [0.29, 0.717) is 11.4 Å². The molecular weight excluding hydrogens is 359 g/mol. The lowest BCUT2D eigenvalue weighted by atomic mass is 10.1. The number of carbonyl (C=O) groups is 2. The standard InChI is InChI=1S/C18H14ClFN4O2/c1-9-5-10(2)7-12(6-9)23-17(25)15-16(18(23)26)24(22-21-15)11-3-4-14(20)13(19)8-11/h3-8,15-16H,1-2H3/t15-,16-/m1/s1. The van der Waals surface area contributed by atoms with Gasteiger partial charge in [0.05, 0.1) is 16.4 Å². The molecule has 1 saturated heterocycles. The van der Waals surface area contributed by atoms with E-state index < -0.39 is 29.7 Å². The number of hydrogen-bond donors (Lipinski definition) is 0. The minimum absolute atomic E-state index is 0.0934. The number of imide groups is 1. The Kier molecular flexibility index (Phi) is 3.77. The highest BCUT2D eigenvalue weighted by molar-refractivity contribution is 6.31. The summed E-state index contributed by atoms with van der Waals surface area (Å²) in [6.07, 6.45) is 0. The summed E-state index contributed by atoms with van der Waals surface area (Å²) in [5.74, 6) is -1.42. The molecule has 2 aromatic carbocycles. The van der Waals surface area contributed by atoms with Crippen molar-refractivity contribution in [2.45, 2.75) is 25.9 Å². The number of nitrogens with zero attached hydrogens (tertiary/aromatic N) is 4. The summed E-state index contributed by atoms with van der Waals surface area (Å²) in [5, 5.41) is 9.12. The van der Waals surface area contributed by atoms with Crippen LogP contribution in [0.4, 0.5) is 15.8 Å². The lowest BCUT2D eigenvalue weighted by Crippen LogP contribution is -2.40. The zero-order chi connectivity index (χ0) is 18.6. The molecule has 2 aliphatic rings. The fourth-order valence-electron chi connectivity index (χ4n) is 3.34. The molecule has 2 aromatic rings. The molecule has 2 heterocycles. The highest BCUT2D eigenvalue weighted by Gasteiger charge is 2.55. The minimum Gasteiger partial charge on any atom is -0.271 e. The second kappa shape index (κ2) is 5.88. The summed E-state index contributed by atoms with van der Waals surface area (Å²) in [4.78, 5) is 26.9. The van der Waals surface area contributed by atoms with E-state index in [4.69, 9.17) is 11.6 Å². The monoisotopic (exact) mass is 372 g/mol. The van der Waals surface area contributed by atoms with Crippen LogP contribution in [0.25, 0.3) is 0 Å². The molecule has 132 valence electrons. The first kappa shape index (κ1) is 16.7. The topological polar surface area (TPSA) is 65.3 Å². The molecule has 0 radical (unpaired) electrons. The normalized spacial score (nSPS) is 21.7. The molecule has 0 aromatic heterocycles. The van der Waals surface area contributed by atoms with Crippen molar-refractivity contribution in [1.82, 2.24) is 0 Å². The predicted octanol–water partition coefficient (Wildman–Crippen LogP) is 3.59. The molecule has 0 spiro atoms. The largest absolute Gasteiger partial charge is 0.271 e. The Bertz CT molecular complexity index is 957. The highest BCUT2D eigenvalue weighted by Crippen LogP contribution is 2.36. The third-order valence-corrected chi connectivity index (χ3v) is 4.70. The van der Waals surface area contributed by atoms with Gasteiger partial charge in [0.15, 0.2) is 12.1 Å². The van der Waals surface area contributed by atoms with Gasteiger partial charge in [-0.1, -0.05) is 22.9 Å². The van der Waals surface area contributed by atoms with Gasteiger partial charge in [0, 0.05) is 0 Å². The fraction of sp³-hybridized carbons (Fsp3) is 0.222. The van der Waals surface area contributed by atoms with E-state index in [1.54, 1.807) is 12.1 Å². The Morgan fingerprint density at radius 1 is 1.00 bits per heavy atom. The maximum Gasteiger partial charge on any atom is 0.263 e. The van der Waals surface area contributed by atoms with E-state index in [-0.39, 0.29) is 5.02 Å². The van der Waals surface area contributed by atoms with Gasteiger partial charge >= 0.3 is 0 Å². The van der Waals surface area contributed by atoms with Crippen molar-refractivity contribution >= 4 is 34.8 Å². The SMILES string of the molecule is Cc1cc(C)cc(N2C(=O)[C@@H]3N=NN(c4ccc(F)c(Cl)c4)[C@H]3C2=O)c1. The summed E-state index contributed by atoms with van der Waals surface area (Å²) in [5.41, 5.74) is 2.80. The van der Waals surface area contributed by atoms with Gasteiger partial charge in [-0.15, -0.1) is 0 Å². The maximum atomic E-state index is 13.4. The Hall–Kier alpha value is -2.80. The van der Waals surface area contributed by atoms with E-state index in [0.717, 1.165) is 16.0 Å². The van der Waals surface area contributed by atoms with Gasteiger partial charge in [-0.05, 0) is 55.3 Å². The Balaban J connectivity index is 1.72. The first-order valence-electron chi connectivity index (χ1n) is 7.98. The number of rotatable bonds is 2. The third-order valence-electron chi connectivity index (χ3n) is 4.41. The summed E-state index contributed by atoms with van der Waals surface area (Å²) in [7, 11) is 0. The lowest BCUT2D eigenvalue weighted by molar-refractivity contribution is -0.121. The van der Waals surface area contributed by atoms with Crippen LogP contribution in [0.15, 0.2) is 46.7 Å². The molecule has 0 bridgehead atoms. The van der Waals surface area contributed by atoms with Crippen LogP contribution in [0.5, 0.6) is 0 Å². The fourth-order valence-corrected chi connectivity index (χ4v) is 3.51. The molecule has 0 unspecified atom stereocenters. The Labute approximate surface area is 153 Å². The summed E-state index contributed by atoms with van der Waals surface area (Å²) in [6.45, 7) is 3.80. The summed E-state index contributed by atoms with van der Waals surface area (Å²) in [6, 6.07) is 7.68. The first-order valence-corrected chi connectivity index (χ1v) is 8.36. The average Bonchev–Trinajstić information content (AvgIpc) is 3.10. The van der Waals surface area contributed by atoms with Crippen molar-refractivity contribution in [3.8, 4) is 0 Å². The molecule has 6 nitrogen and oxygen atoms in total. The number of halogens is 2. The van der Waals surface area contributed by atoms with Crippen LogP contribution in [0.1, 0.15) is 11.1 Å². The molecule has 0 N–H and O–H groups in total. The minimum atomic E-state index is -0.924. The molecule has 2 aliphatic heterocycles. The molecule has 0 aliphatic carbocycles. The van der Waals surface area contributed by atoms with Crippen LogP contribution >= 0.6 is 11.6 Å². The number of carbonyl (C=O) groups excluding carboxylic acids is 2. The smallest absolute Gasteiger partial charge is 0.263 e. The van der Waals surface area contributed by atoms with Crippen LogP contribution in [0.2, 0.25) is 5.02 Å². The second-order valence-electron chi connectivity index (χ2n) is 6.40. The lowest BCUT2D eigenvalue weighted by Gasteiger charge is -2.21. The van der Waals surface area contributed by atoms with Crippen LogP contribution < -0.4 is 9.91 Å². The Morgan fingerprint density at radius 3 is 2.35 bits per heavy atom. The predicted molar refractivity (Wildman–Crippen MR) is 94.7 cm³/mol. The molecular formula is C18H14ClFN4O2. The summed E-state index contributed by atoms with van der Waals surface area (Å²) < 4.78 is 13.4. The number of anilines is 2. The molecule has 2 atom stereocenters. The molecule has 0 saturated carbocycles. The number of amides is 2. The van der Waals surface area contributed by atoms with Gasteiger partial charge in [0.1, 0.15) is 5.82 Å². The van der Waals surface area contributed by atoms with Crippen LogP contribution in [0, 0.1) is 19.7 Å². The number of fused-ring (bicyclic) bond motifs is 1. The molecule has 1 fully saturated rings. The highest BCUT2D eigenvalue weighted by atomic mass is 35.5. The molecule has 26 heavy (non-hydrogen) atoms. The van der Waals surface area contributed by atoms with E-state index in [1.807, 2.05) is 19.9 Å². The van der Waals surface area contributed by atoms with Gasteiger partial charge < -0.3 is 0 Å². The van der Waals surface area contributed by atoms with E-state index in [9.17, 15) is 14.0 Å². The molecule has 8 heteroatoms. The second-order valence-corrected chi connectivity index (χ2v) is 6.80. The van der Waals surface area contributed by atoms with E-state index in [1.165, 1.54) is 23.2 Å². The average molecular weight is 373 g/mol. The van der Waals surface area contributed by atoms with Crippen molar-refractivity contribution in [3.63, 3.8) is 0 Å². The van der Waals surface area contributed by atoms with E-state index in [2.05, 4.69) is 10.3 Å². The van der Waals surface area contributed by atoms with Gasteiger partial charge in [-0.25, -0.2) is 14.3 Å². The molecule has 4 rings (SSSR count). The van der Waals surface area contributed by atoms with Gasteiger partial charge in [0.25, 0.3) is 11.8 Å². The quantitative estimate of drug-likeness (QED) is 0.756. The van der Waals surface area contributed by atoms with Crippen molar-refractivity contribution < 1.29 is 14.0 Å². The number of hydrogen-bond acceptors (Lipinski definition) is 5. The zero-order valence-corrected chi connectivity index (χ0v) is 14.7. The van der Waals surface area contributed by atoms with E-state index >= 15 is 0 Å². The third kappa shape index (κ3) is 2.47. The van der Waals surface area contributed by atoms with Gasteiger partial charge in [-0.3, -0.25) is 9.59 Å². The van der Waals surface area contributed by atoms with Crippen molar-refractivity contribution in [3.05, 3.63) is 58.4 Å².